The molecule has 1 aliphatic carbocycles. The van der Waals surface area contributed by atoms with Crippen LogP contribution in [0, 0.1) is 0 Å². The topological polar surface area (TPSA) is 0 Å². The van der Waals surface area contributed by atoms with Gasteiger partial charge >= 0.3 is 0 Å². The van der Waals surface area contributed by atoms with Crippen LogP contribution in [0.5, 0.6) is 0 Å². The second kappa shape index (κ2) is 3.07. The van der Waals surface area contributed by atoms with E-state index in [1.165, 1.54) is 0 Å². The van der Waals surface area contributed by atoms with E-state index in [1.807, 2.05) is 12.2 Å². The van der Waals surface area contributed by atoms with Gasteiger partial charge in [0, 0.05) is 0 Å². The molecule has 0 fully saturated rings. The first-order valence-electron chi connectivity index (χ1n) is 3.33. The Morgan fingerprint density at radius 1 is 1.30 bits per heavy atom. The average molecular weight is 175 g/mol. The standard InChI is InChI=1S/C8H12ClP/c1-10(2)7-8(9)5-3-4-6-8/h3-6H,7H2,1-2H3. The lowest BCUT2D eigenvalue weighted by Crippen LogP contribution is -2.16. The van der Waals surface area contributed by atoms with E-state index in [9.17, 15) is 0 Å². The molecule has 0 radical (unpaired) electrons. The van der Waals surface area contributed by atoms with Gasteiger partial charge in [-0.25, -0.2) is 0 Å². The summed E-state index contributed by atoms with van der Waals surface area (Å²) in [6, 6.07) is 0. The second-order valence-electron chi connectivity index (χ2n) is 2.88. The van der Waals surface area contributed by atoms with Gasteiger partial charge in [-0.3, -0.25) is 0 Å². The lowest BCUT2D eigenvalue weighted by atomic mass is 10.2. The highest BCUT2D eigenvalue weighted by Gasteiger charge is 2.23. The number of allylic oxidation sites excluding steroid dienone is 4. The van der Waals surface area contributed by atoms with Gasteiger partial charge in [0.05, 0.1) is 4.87 Å². The van der Waals surface area contributed by atoms with E-state index < -0.39 is 0 Å². The maximum atomic E-state index is 6.21. The summed E-state index contributed by atoms with van der Waals surface area (Å²) in [6.45, 7) is 4.50. The second-order valence-corrected chi connectivity index (χ2v) is 6.06. The highest BCUT2D eigenvalue weighted by Crippen LogP contribution is 2.37. The van der Waals surface area contributed by atoms with Crippen molar-refractivity contribution < 1.29 is 0 Å². The molecular weight excluding hydrogens is 163 g/mol. The molecule has 0 atom stereocenters. The molecule has 1 aliphatic rings. The molecule has 0 N–H and O–H groups in total. The monoisotopic (exact) mass is 174 g/mol. The van der Waals surface area contributed by atoms with Gasteiger partial charge in [0.25, 0.3) is 0 Å². The van der Waals surface area contributed by atoms with Crippen LogP contribution < -0.4 is 0 Å². The molecule has 1 rings (SSSR count). The van der Waals surface area contributed by atoms with E-state index in [1.54, 1.807) is 0 Å². The highest BCUT2D eigenvalue weighted by molar-refractivity contribution is 7.56. The van der Waals surface area contributed by atoms with E-state index in [0.29, 0.717) is 0 Å². The zero-order valence-electron chi connectivity index (χ0n) is 6.34. The van der Waals surface area contributed by atoms with E-state index >= 15 is 0 Å². The summed E-state index contributed by atoms with van der Waals surface area (Å²) in [5.74, 6) is 0. The number of hydrogen-bond acceptors (Lipinski definition) is 0. The molecule has 2 heteroatoms. The SMILES string of the molecule is CP(C)CC1(Cl)C=CC=C1. The van der Waals surface area contributed by atoms with E-state index in [0.717, 1.165) is 6.16 Å². The van der Waals surface area contributed by atoms with Gasteiger partial charge < -0.3 is 0 Å². The summed E-state index contributed by atoms with van der Waals surface area (Å²) in [7, 11) is 0.105. The molecule has 0 saturated carbocycles. The molecule has 0 aromatic heterocycles. The van der Waals surface area contributed by atoms with Crippen LogP contribution in [0.3, 0.4) is 0 Å². The number of hydrogen-bond donors (Lipinski definition) is 0. The molecule has 10 heavy (non-hydrogen) atoms. The predicted molar refractivity (Wildman–Crippen MR) is 50.5 cm³/mol. The molecule has 0 saturated heterocycles. The first-order valence-corrected chi connectivity index (χ1v) is 6.13. The lowest BCUT2D eigenvalue weighted by molar-refractivity contribution is 1.02. The van der Waals surface area contributed by atoms with Crippen LogP contribution in [0.15, 0.2) is 24.3 Å². The van der Waals surface area contributed by atoms with Gasteiger partial charge in [0.1, 0.15) is 0 Å². The van der Waals surface area contributed by atoms with E-state index in [-0.39, 0.29) is 12.8 Å². The van der Waals surface area contributed by atoms with Crippen molar-refractivity contribution in [1.82, 2.24) is 0 Å². The van der Waals surface area contributed by atoms with Gasteiger partial charge in [-0.05, 0) is 19.5 Å². The molecule has 0 aliphatic heterocycles. The van der Waals surface area contributed by atoms with Gasteiger partial charge in [0.15, 0.2) is 0 Å². The largest absolute Gasteiger partial charge is 0.111 e. The summed E-state index contributed by atoms with van der Waals surface area (Å²) in [4.78, 5) is -0.144. The Labute approximate surface area is 68.7 Å². The van der Waals surface area contributed by atoms with Crippen LogP contribution in [0.1, 0.15) is 0 Å². The molecule has 0 heterocycles. The third kappa shape index (κ3) is 2.11. The molecule has 0 aromatic rings. The quantitative estimate of drug-likeness (QED) is 0.446. The number of halogens is 1. The van der Waals surface area contributed by atoms with E-state index in [2.05, 4.69) is 25.5 Å². The molecule has 0 amide bonds. The third-order valence-electron chi connectivity index (χ3n) is 1.42. The first-order chi connectivity index (χ1) is 4.62. The van der Waals surface area contributed by atoms with Gasteiger partial charge in [-0.1, -0.05) is 24.3 Å². The zero-order valence-corrected chi connectivity index (χ0v) is 7.99. The number of rotatable bonds is 2. The van der Waals surface area contributed by atoms with Gasteiger partial charge in [0.2, 0.25) is 0 Å². The van der Waals surface area contributed by atoms with Gasteiger partial charge in [-0.15, -0.1) is 19.5 Å². The van der Waals surface area contributed by atoms with Crippen LogP contribution >= 0.6 is 19.5 Å². The van der Waals surface area contributed by atoms with Crippen molar-refractivity contribution in [2.75, 3.05) is 19.5 Å². The van der Waals surface area contributed by atoms with Gasteiger partial charge in [-0.2, -0.15) is 0 Å². The third-order valence-corrected chi connectivity index (χ3v) is 3.14. The summed E-state index contributed by atoms with van der Waals surface area (Å²) < 4.78 is 0. The fourth-order valence-corrected chi connectivity index (χ4v) is 3.12. The van der Waals surface area contributed by atoms with Crippen molar-refractivity contribution in [2.45, 2.75) is 4.87 Å². The van der Waals surface area contributed by atoms with Crippen molar-refractivity contribution in [3.05, 3.63) is 24.3 Å². The predicted octanol–water partition coefficient (Wildman–Crippen LogP) is 2.83. The Hall–Kier alpha value is 0.200. The minimum Gasteiger partial charge on any atom is -0.111 e. The van der Waals surface area contributed by atoms with Crippen molar-refractivity contribution in [3.8, 4) is 0 Å². The maximum absolute atomic E-state index is 6.21. The van der Waals surface area contributed by atoms with Crippen molar-refractivity contribution in [3.63, 3.8) is 0 Å². The fraction of sp³-hybridized carbons (Fsp3) is 0.500. The maximum Gasteiger partial charge on any atom is 0.0851 e. The van der Waals surface area contributed by atoms with E-state index in [4.69, 9.17) is 11.6 Å². The molecule has 56 valence electrons. The molecule has 0 unspecified atom stereocenters. The van der Waals surface area contributed by atoms with Crippen molar-refractivity contribution in [2.24, 2.45) is 0 Å². The van der Waals surface area contributed by atoms with Crippen molar-refractivity contribution in [1.29, 1.82) is 0 Å². The minimum absolute atomic E-state index is 0.105. The summed E-state index contributed by atoms with van der Waals surface area (Å²) in [6.07, 6.45) is 9.27. The highest BCUT2D eigenvalue weighted by atomic mass is 35.5. The fourth-order valence-electron chi connectivity index (χ4n) is 1.08. The normalized spacial score (nSPS) is 20.8. The zero-order chi connectivity index (χ0) is 7.61. The lowest BCUT2D eigenvalue weighted by Gasteiger charge is -2.18. The Kier molecular flexibility index (Phi) is 2.55. The minimum atomic E-state index is -0.144. The van der Waals surface area contributed by atoms with Crippen LogP contribution in [-0.4, -0.2) is 24.4 Å². The first kappa shape index (κ1) is 8.30. The number of alkyl halides is 1. The Morgan fingerprint density at radius 3 is 2.20 bits per heavy atom. The van der Waals surface area contributed by atoms with Crippen LogP contribution in [0.4, 0.5) is 0 Å². The molecule has 0 aromatic carbocycles. The van der Waals surface area contributed by atoms with Crippen LogP contribution in [0.2, 0.25) is 0 Å². The van der Waals surface area contributed by atoms with Crippen LogP contribution in [0.25, 0.3) is 0 Å². The summed E-state index contributed by atoms with van der Waals surface area (Å²) >= 11 is 6.21. The molecule has 0 bridgehead atoms. The Morgan fingerprint density at radius 2 is 1.80 bits per heavy atom. The molecular formula is C8H12ClP. The summed E-state index contributed by atoms with van der Waals surface area (Å²) in [5.41, 5.74) is 0. The smallest absolute Gasteiger partial charge is 0.0851 e. The Bertz CT molecular complexity index is 158. The Balaban J connectivity index is 2.53. The summed E-state index contributed by atoms with van der Waals surface area (Å²) in [5, 5.41) is 0. The van der Waals surface area contributed by atoms with Crippen molar-refractivity contribution >= 4 is 19.5 Å². The molecule has 0 nitrogen and oxygen atoms in total. The van der Waals surface area contributed by atoms with Crippen LogP contribution in [-0.2, 0) is 0 Å². The average Bonchev–Trinajstić information content (AvgIpc) is 2.12. The molecule has 0 spiro atoms.